The van der Waals surface area contributed by atoms with E-state index in [4.69, 9.17) is 10.5 Å². The number of nitrogens with one attached hydrogen (secondary N) is 1. The molecule has 0 fully saturated rings. The van der Waals surface area contributed by atoms with E-state index in [9.17, 15) is 0 Å². The molecule has 0 saturated carbocycles. The van der Waals surface area contributed by atoms with Gasteiger partial charge >= 0.3 is 0 Å². The minimum Gasteiger partial charge on any atom is -0.480 e. The van der Waals surface area contributed by atoms with Gasteiger partial charge in [-0.05, 0) is 33.6 Å². The lowest BCUT2D eigenvalue weighted by molar-refractivity contribution is 0.394. The lowest BCUT2D eigenvalue weighted by atomic mass is 10.2. The Hall–Kier alpha value is -1.82. The average Bonchev–Trinajstić information content (AvgIpc) is 2.39. The zero-order valence-electron chi connectivity index (χ0n) is 9.85. The molecule has 18 heavy (non-hydrogen) atoms. The summed E-state index contributed by atoms with van der Waals surface area (Å²) >= 11 is 3.30. The summed E-state index contributed by atoms with van der Waals surface area (Å²) in [4.78, 5) is 8.35. The van der Waals surface area contributed by atoms with Gasteiger partial charge in [0.2, 0.25) is 11.8 Å². The predicted octanol–water partition coefficient (Wildman–Crippen LogP) is 2.44. The summed E-state index contributed by atoms with van der Waals surface area (Å²) in [7, 11) is 1.57. The zero-order chi connectivity index (χ0) is 13.0. The Labute approximate surface area is 114 Å². The molecule has 0 unspecified atom stereocenters. The Morgan fingerprint density at radius 1 is 1.33 bits per heavy atom. The van der Waals surface area contributed by atoms with E-state index in [-0.39, 0.29) is 0 Å². The maximum Gasteiger partial charge on any atom is 0.232 e. The van der Waals surface area contributed by atoms with Gasteiger partial charge in [0.1, 0.15) is 0 Å². The molecule has 1 aromatic heterocycles. The van der Waals surface area contributed by atoms with E-state index in [1.54, 1.807) is 13.3 Å². The van der Waals surface area contributed by atoms with Crippen LogP contribution in [0, 0.1) is 0 Å². The van der Waals surface area contributed by atoms with Crippen LogP contribution in [0.15, 0.2) is 34.9 Å². The van der Waals surface area contributed by atoms with Crippen LogP contribution in [0.4, 0.5) is 11.6 Å². The molecule has 1 aromatic carbocycles. The molecule has 1 heterocycles. The first-order chi connectivity index (χ1) is 8.69. The Bertz CT molecular complexity index is 530. The molecule has 0 radical (unpaired) electrons. The van der Waals surface area contributed by atoms with Crippen LogP contribution < -0.4 is 15.8 Å². The summed E-state index contributed by atoms with van der Waals surface area (Å²) in [5.74, 6) is 1.02. The fraction of sp³-hybridized carbons (Fsp3) is 0.167. The molecule has 0 spiro atoms. The van der Waals surface area contributed by atoms with Crippen molar-refractivity contribution < 1.29 is 4.74 Å². The lowest BCUT2D eigenvalue weighted by Crippen LogP contribution is -2.04. The third-order valence-corrected chi connectivity index (χ3v) is 2.88. The topological polar surface area (TPSA) is 73.1 Å². The van der Waals surface area contributed by atoms with Gasteiger partial charge in [0.05, 0.1) is 17.8 Å². The van der Waals surface area contributed by atoms with Crippen molar-refractivity contribution in [3.8, 4) is 5.88 Å². The first-order valence-electron chi connectivity index (χ1n) is 5.34. The van der Waals surface area contributed by atoms with Gasteiger partial charge in [-0.1, -0.05) is 12.1 Å². The van der Waals surface area contributed by atoms with Crippen molar-refractivity contribution in [1.29, 1.82) is 0 Å². The highest BCUT2D eigenvalue weighted by atomic mass is 79.9. The number of ether oxygens (including phenoxy) is 1. The number of anilines is 2. The number of benzene rings is 1. The number of methoxy groups -OCH3 is 1. The van der Waals surface area contributed by atoms with Crippen LogP contribution in [0.3, 0.4) is 0 Å². The smallest absolute Gasteiger partial charge is 0.232 e. The van der Waals surface area contributed by atoms with Gasteiger partial charge in [0.25, 0.3) is 0 Å². The molecule has 94 valence electrons. The molecule has 0 bridgehead atoms. The van der Waals surface area contributed by atoms with Gasteiger partial charge in [0, 0.05) is 12.2 Å². The quantitative estimate of drug-likeness (QED) is 0.849. The fourth-order valence-corrected chi connectivity index (χ4v) is 1.75. The second-order valence-corrected chi connectivity index (χ2v) is 4.50. The SMILES string of the molecule is COc1nc(NCc2ccc(N)cc2)ncc1Br. The summed E-state index contributed by atoms with van der Waals surface area (Å²) < 4.78 is 5.82. The van der Waals surface area contributed by atoms with Gasteiger partial charge in [-0.2, -0.15) is 4.98 Å². The summed E-state index contributed by atoms with van der Waals surface area (Å²) in [5, 5.41) is 3.12. The second-order valence-electron chi connectivity index (χ2n) is 3.65. The third kappa shape index (κ3) is 3.10. The minimum atomic E-state index is 0.504. The van der Waals surface area contributed by atoms with Crippen molar-refractivity contribution in [3.05, 3.63) is 40.5 Å². The van der Waals surface area contributed by atoms with Crippen LogP contribution in [-0.2, 0) is 6.54 Å². The molecule has 0 aliphatic heterocycles. The minimum absolute atomic E-state index is 0.504. The van der Waals surface area contributed by atoms with Gasteiger partial charge in [-0.3, -0.25) is 0 Å². The van der Waals surface area contributed by atoms with Gasteiger partial charge in [-0.25, -0.2) is 4.98 Å². The molecule has 0 atom stereocenters. The van der Waals surface area contributed by atoms with E-state index in [2.05, 4.69) is 31.2 Å². The largest absolute Gasteiger partial charge is 0.480 e. The molecule has 0 saturated heterocycles. The molecular weight excluding hydrogens is 296 g/mol. The highest BCUT2D eigenvalue weighted by Gasteiger charge is 2.04. The number of nitrogen functional groups attached to an aromatic ring is 1. The van der Waals surface area contributed by atoms with Gasteiger partial charge in [0.15, 0.2) is 0 Å². The van der Waals surface area contributed by atoms with Crippen LogP contribution in [0.2, 0.25) is 0 Å². The van der Waals surface area contributed by atoms with Crippen molar-refractivity contribution in [3.63, 3.8) is 0 Å². The summed E-state index contributed by atoms with van der Waals surface area (Å²) in [6.45, 7) is 0.630. The normalized spacial score (nSPS) is 10.1. The number of hydrogen-bond acceptors (Lipinski definition) is 5. The predicted molar refractivity (Wildman–Crippen MR) is 74.5 cm³/mol. The number of rotatable bonds is 4. The Morgan fingerprint density at radius 3 is 2.72 bits per heavy atom. The number of halogens is 1. The first-order valence-corrected chi connectivity index (χ1v) is 6.13. The van der Waals surface area contributed by atoms with E-state index < -0.39 is 0 Å². The Morgan fingerprint density at radius 2 is 2.06 bits per heavy atom. The maximum absolute atomic E-state index is 5.62. The van der Waals surface area contributed by atoms with Crippen LogP contribution >= 0.6 is 15.9 Å². The van der Waals surface area contributed by atoms with Crippen LogP contribution in [0.1, 0.15) is 5.56 Å². The van der Waals surface area contributed by atoms with Crippen molar-refractivity contribution in [2.75, 3.05) is 18.2 Å². The standard InChI is InChI=1S/C12H13BrN4O/c1-18-11-10(13)7-16-12(17-11)15-6-8-2-4-9(14)5-3-8/h2-5,7H,6,14H2,1H3,(H,15,16,17). The zero-order valence-corrected chi connectivity index (χ0v) is 11.4. The van der Waals surface area contributed by atoms with Crippen molar-refractivity contribution in [2.45, 2.75) is 6.54 Å². The average molecular weight is 309 g/mol. The van der Waals surface area contributed by atoms with E-state index in [0.717, 1.165) is 15.7 Å². The third-order valence-electron chi connectivity index (χ3n) is 2.34. The molecule has 3 N–H and O–H groups in total. The molecule has 0 aliphatic carbocycles. The summed E-state index contributed by atoms with van der Waals surface area (Å²) in [5.41, 5.74) is 7.48. The monoisotopic (exact) mass is 308 g/mol. The van der Waals surface area contributed by atoms with Crippen LogP contribution in [0.25, 0.3) is 0 Å². The number of nitrogens with two attached hydrogens (primary N) is 1. The highest BCUT2D eigenvalue weighted by molar-refractivity contribution is 9.10. The van der Waals surface area contributed by atoms with E-state index >= 15 is 0 Å². The van der Waals surface area contributed by atoms with Gasteiger partial charge in [-0.15, -0.1) is 0 Å². The molecule has 6 heteroatoms. The number of hydrogen-bond donors (Lipinski definition) is 2. The lowest BCUT2D eigenvalue weighted by Gasteiger charge is -2.07. The van der Waals surface area contributed by atoms with E-state index in [1.165, 1.54) is 0 Å². The van der Waals surface area contributed by atoms with Crippen LogP contribution in [0.5, 0.6) is 5.88 Å². The maximum atomic E-state index is 5.62. The Kier molecular flexibility index (Phi) is 3.99. The number of nitrogens with zero attached hydrogens (tertiary/aromatic N) is 2. The fourth-order valence-electron chi connectivity index (χ4n) is 1.40. The highest BCUT2D eigenvalue weighted by Crippen LogP contribution is 2.21. The summed E-state index contributed by atoms with van der Waals surface area (Å²) in [6.07, 6.45) is 1.65. The van der Waals surface area contributed by atoms with Crippen LogP contribution in [-0.4, -0.2) is 17.1 Å². The molecule has 2 rings (SSSR count). The first kappa shape index (κ1) is 12.6. The van der Waals surface area contributed by atoms with Gasteiger partial charge < -0.3 is 15.8 Å². The molecule has 0 amide bonds. The molecular formula is C12H13BrN4O. The summed E-state index contributed by atoms with van der Waals surface area (Å²) in [6, 6.07) is 7.64. The van der Waals surface area contributed by atoms with Crippen molar-refractivity contribution in [1.82, 2.24) is 9.97 Å². The molecule has 0 aliphatic rings. The molecule has 5 nitrogen and oxygen atoms in total. The number of aromatic nitrogens is 2. The molecule has 2 aromatic rings. The Balaban J connectivity index is 2.04. The second kappa shape index (κ2) is 5.68. The van der Waals surface area contributed by atoms with E-state index in [1.807, 2.05) is 24.3 Å². The van der Waals surface area contributed by atoms with E-state index in [0.29, 0.717) is 18.4 Å². The van der Waals surface area contributed by atoms with Crippen molar-refractivity contribution in [2.24, 2.45) is 0 Å². The van der Waals surface area contributed by atoms with Crippen molar-refractivity contribution >= 4 is 27.6 Å².